The zero-order valence-electron chi connectivity index (χ0n) is 41.3. The Morgan fingerprint density at radius 3 is 1.31 bits per heavy atom. The number of carboxylic acid groups (broad SMARTS) is 1. The maximum Gasteiger partial charge on any atom is 0.472 e. The van der Waals surface area contributed by atoms with E-state index in [9.17, 15) is 34.1 Å². The number of allylic oxidation sites excluding steroid dienone is 8. The zero-order valence-corrected chi connectivity index (χ0v) is 42.2. The van der Waals surface area contributed by atoms with Gasteiger partial charge in [0.05, 0.1) is 13.2 Å². The van der Waals surface area contributed by atoms with Crippen molar-refractivity contribution in [3.63, 3.8) is 0 Å². The number of aliphatic hydroxyl groups is 1. The van der Waals surface area contributed by atoms with Crippen LogP contribution in [0.25, 0.3) is 0 Å². The van der Waals surface area contributed by atoms with Crippen LogP contribution in [0.4, 0.5) is 0 Å². The normalized spacial score (nSPS) is 13.9. The number of rotatable bonds is 49. The SMILES string of the molecule is CCCCC/C=C\C/C=C\C/C=C\CCCCCCCCCCCCC(=O)NC(COP(=O)(O)OCC(O)COC(=O)CCCCCCCCC/C=C\CCCCCCCCC)C(=O)O. The van der Waals surface area contributed by atoms with E-state index in [2.05, 4.69) is 67.8 Å². The summed E-state index contributed by atoms with van der Waals surface area (Å²) in [6.45, 7) is 2.59. The van der Waals surface area contributed by atoms with Gasteiger partial charge in [-0.05, 0) is 77.0 Å². The monoisotopic (exact) mass is 938 g/mol. The molecule has 12 heteroatoms. The molecule has 3 unspecified atom stereocenters. The number of aliphatic carboxylic acids is 1. The van der Waals surface area contributed by atoms with Gasteiger partial charge in [0.2, 0.25) is 5.91 Å². The van der Waals surface area contributed by atoms with E-state index >= 15 is 0 Å². The minimum Gasteiger partial charge on any atom is -0.480 e. The summed E-state index contributed by atoms with van der Waals surface area (Å²) < 4.78 is 27.0. The van der Waals surface area contributed by atoms with Gasteiger partial charge < -0.3 is 25.2 Å². The molecular formula is C53H96NO10P. The van der Waals surface area contributed by atoms with Gasteiger partial charge in [0.25, 0.3) is 0 Å². The Kier molecular flexibility index (Phi) is 46.0. The number of aliphatic hydroxyl groups excluding tert-OH is 1. The Morgan fingerprint density at radius 2 is 0.846 bits per heavy atom. The molecule has 0 aliphatic carbocycles. The summed E-state index contributed by atoms with van der Waals surface area (Å²) in [7, 11) is -4.77. The molecule has 0 bridgehead atoms. The number of esters is 1. The molecule has 0 spiro atoms. The lowest BCUT2D eigenvalue weighted by Crippen LogP contribution is -2.43. The number of carbonyl (C=O) groups is 3. The van der Waals surface area contributed by atoms with Gasteiger partial charge in [0, 0.05) is 12.8 Å². The number of nitrogens with one attached hydrogen (secondary N) is 1. The number of carboxylic acids is 1. The highest BCUT2D eigenvalue weighted by atomic mass is 31.2. The fraction of sp³-hybridized carbons (Fsp3) is 0.792. The molecule has 0 aromatic rings. The summed E-state index contributed by atoms with van der Waals surface area (Å²) in [6.07, 6.45) is 55.5. The van der Waals surface area contributed by atoms with Gasteiger partial charge in [-0.1, -0.05) is 197 Å². The van der Waals surface area contributed by atoms with Crippen molar-refractivity contribution in [3.05, 3.63) is 48.6 Å². The van der Waals surface area contributed by atoms with Crippen LogP contribution in [0.2, 0.25) is 0 Å². The van der Waals surface area contributed by atoms with Crippen molar-refractivity contribution >= 4 is 25.7 Å². The molecule has 0 rings (SSSR count). The second kappa shape index (κ2) is 47.9. The smallest absolute Gasteiger partial charge is 0.472 e. The lowest BCUT2D eigenvalue weighted by atomic mass is 10.0. The topological polar surface area (TPSA) is 169 Å². The van der Waals surface area contributed by atoms with E-state index in [1.54, 1.807) is 0 Å². The number of unbranched alkanes of at least 4 members (excludes halogenated alkanes) is 27. The second-order valence-electron chi connectivity index (χ2n) is 17.7. The van der Waals surface area contributed by atoms with E-state index in [1.807, 2.05) is 0 Å². The molecule has 0 radical (unpaired) electrons. The van der Waals surface area contributed by atoms with Crippen molar-refractivity contribution in [1.82, 2.24) is 5.32 Å². The van der Waals surface area contributed by atoms with Crippen LogP contribution in [0.3, 0.4) is 0 Å². The molecule has 65 heavy (non-hydrogen) atoms. The number of ether oxygens (including phenoxy) is 1. The first-order chi connectivity index (χ1) is 31.6. The summed E-state index contributed by atoms with van der Waals surface area (Å²) in [5.74, 6) is -2.38. The molecule has 378 valence electrons. The van der Waals surface area contributed by atoms with Crippen molar-refractivity contribution < 1.29 is 47.8 Å². The van der Waals surface area contributed by atoms with Crippen LogP contribution >= 0.6 is 7.82 Å². The number of carbonyl (C=O) groups excluding carboxylic acids is 2. The zero-order chi connectivity index (χ0) is 47.7. The molecule has 3 atom stereocenters. The van der Waals surface area contributed by atoms with Crippen molar-refractivity contribution in [2.24, 2.45) is 0 Å². The maximum absolute atomic E-state index is 12.4. The summed E-state index contributed by atoms with van der Waals surface area (Å²) >= 11 is 0. The largest absolute Gasteiger partial charge is 0.480 e. The molecule has 0 aliphatic heterocycles. The predicted octanol–water partition coefficient (Wildman–Crippen LogP) is 14.5. The van der Waals surface area contributed by atoms with Crippen molar-refractivity contribution in [2.75, 3.05) is 19.8 Å². The minimum absolute atomic E-state index is 0.140. The van der Waals surface area contributed by atoms with Crippen molar-refractivity contribution in [2.45, 2.75) is 251 Å². The summed E-state index contributed by atoms with van der Waals surface area (Å²) in [4.78, 5) is 46.1. The molecular weight excluding hydrogens is 842 g/mol. The molecule has 0 saturated heterocycles. The minimum atomic E-state index is -4.77. The maximum atomic E-state index is 12.4. The first-order valence-corrected chi connectivity index (χ1v) is 27.7. The molecule has 11 nitrogen and oxygen atoms in total. The fourth-order valence-corrected chi connectivity index (χ4v) is 8.03. The van der Waals surface area contributed by atoms with Crippen LogP contribution in [0.1, 0.15) is 239 Å². The van der Waals surface area contributed by atoms with Crippen molar-refractivity contribution in [1.29, 1.82) is 0 Å². The first-order valence-electron chi connectivity index (χ1n) is 26.2. The van der Waals surface area contributed by atoms with Crippen LogP contribution < -0.4 is 5.32 Å². The third-order valence-corrected chi connectivity index (χ3v) is 12.3. The van der Waals surface area contributed by atoms with Gasteiger partial charge in [0.1, 0.15) is 12.7 Å². The Labute approximate surface area is 396 Å². The van der Waals surface area contributed by atoms with Crippen LogP contribution in [0, 0.1) is 0 Å². The predicted molar refractivity (Wildman–Crippen MR) is 268 cm³/mol. The molecule has 0 aromatic carbocycles. The highest BCUT2D eigenvalue weighted by Gasteiger charge is 2.28. The van der Waals surface area contributed by atoms with Gasteiger partial charge in [-0.25, -0.2) is 9.36 Å². The number of amides is 1. The molecule has 0 aromatic heterocycles. The van der Waals surface area contributed by atoms with Crippen LogP contribution in [0.15, 0.2) is 48.6 Å². The highest BCUT2D eigenvalue weighted by molar-refractivity contribution is 7.47. The van der Waals surface area contributed by atoms with E-state index in [0.29, 0.717) is 12.8 Å². The summed E-state index contributed by atoms with van der Waals surface area (Å²) in [5, 5.41) is 21.9. The fourth-order valence-electron chi connectivity index (χ4n) is 7.26. The molecule has 4 N–H and O–H groups in total. The lowest BCUT2D eigenvalue weighted by molar-refractivity contribution is -0.147. The standard InChI is InChI=1S/C53H96NO10P/c1-3-5-7-9-11-13-15-17-19-21-23-24-25-26-27-28-30-32-34-36-38-40-42-44-51(56)54-50(53(58)59)48-64-65(60,61)63-47-49(55)46-62-52(57)45-43-41-39-37-35-33-31-29-22-20-18-16-14-12-10-8-6-4-2/h11,13,17,19-20,22-24,49-50,55H,3-10,12,14-16,18,21,25-48H2,1-2H3,(H,54,56)(H,58,59)(H,60,61)/b13-11-,19-17-,22-20-,24-23-. The van der Waals surface area contributed by atoms with E-state index in [1.165, 1.54) is 128 Å². The lowest BCUT2D eigenvalue weighted by Gasteiger charge is -2.18. The molecule has 0 heterocycles. The highest BCUT2D eigenvalue weighted by Crippen LogP contribution is 2.43. The molecule has 0 fully saturated rings. The number of phosphoric acid groups is 1. The van der Waals surface area contributed by atoms with E-state index < -0.39 is 57.6 Å². The third kappa shape index (κ3) is 47.7. The van der Waals surface area contributed by atoms with Crippen molar-refractivity contribution in [3.8, 4) is 0 Å². The van der Waals surface area contributed by atoms with E-state index in [0.717, 1.165) is 70.6 Å². The van der Waals surface area contributed by atoms with Gasteiger partial charge in [-0.3, -0.25) is 18.6 Å². The van der Waals surface area contributed by atoms with Gasteiger partial charge in [0.15, 0.2) is 6.04 Å². The molecule has 1 amide bonds. The Balaban J connectivity index is 3.83. The summed E-state index contributed by atoms with van der Waals surface area (Å²) in [5.41, 5.74) is 0. The van der Waals surface area contributed by atoms with E-state index in [-0.39, 0.29) is 12.8 Å². The average molecular weight is 938 g/mol. The Bertz CT molecular complexity index is 1280. The van der Waals surface area contributed by atoms with Crippen LogP contribution in [0.5, 0.6) is 0 Å². The van der Waals surface area contributed by atoms with Gasteiger partial charge in [-0.2, -0.15) is 0 Å². The summed E-state index contributed by atoms with van der Waals surface area (Å²) in [6, 6.07) is -1.55. The Hall–Kier alpha value is -2.56. The van der Waals surface area contributed by atoms with Gasteiger partial charge >= 0.3 is 19.8 Å². The molecule has 0 saturated carbocycles. The van der Waals surface area contributed by atoms with Gasteiger partial charge in [-0.15, -0.1) is 0 Å². The van der Waals surface area contributed by atoms with Crippen LogP contribution in [-0.4, -0.2) is 64.9 Å². The first kappa shape index (κ1) is 62.4. The quantitative estimate of drug-likeness (QED) is 0.0199. The van der Waals surface area contributed by atoms with Crippen LogP contribution in [-0.2, 0) is 32.7 Å². The second-order valence-corrected chi connectivity index (χ2v) is 19.2. The number of phosphoric ester groups is 1. The van der Waals surface area contributed by atoms with E-state index in [4.69, 9.17) is 13.8 Å². The Morgan fingerprint density at radius 1 is 0.492 bits per heavy atom. The average Bonchev–Trinajstić information content (AvgIpc) is 3.28. The molecule has 0 aliphatic rings. The number of hydrogen-bond donors (Lipinski definition) is 4. The number of hydrogen-bond acceptors (Lipinski definition) is 8. The third-order valence-electron chi connectivity index (χ3n) is 11.3.